The van der Waals surface area contributed by atoms with E-state index in [0.717, 1.165) is 16.7 Å². The van der Waals surface area contributed by atoms with E-state index in [1.165, 1.54) is 34.8 Å². The molecule has 6 nitrogen and oxygen atoms in total. The highest BCUT2D eigenvalue weighted by Crippen LogP contribution is 2.46. The van der Waals surface area contributed by atoms with Gasteiger partial charge in [0.1, 0.15) is 11.4 Å². The number of benzene rings is 1. The molecule has 0 amide bonds. The molecule has 0 bridgehead atoms. The van der Waals surface area contributed by atoms with Crippen molar-refractivity contribution in [1.29, 1.82) is 0 Å². The highest BCUT2D eigenvalue weighted by Gasteiger charge is 2.30. The number of hydrogen-bond donors (Lipinski definition) is 0. The fourth-order valence-electron chi connectivity index (χ4n) is 3.04. The van der Waals surface area contributed by atoms with Crippen LogP contribution in [0.4, 0.5) is 8.78 Å². The van der Waals surface area contributed by atoms with Crippen LogP contribution in [0.15, 0.2) is 46.3 Å². The number of pyridine rings is 1. The molecule has 0 saturated carbocycles. The first-order valence-electron chi connectivity index (χ1n) is 8.17. The van der Waals surface area contributed by atoms with Gasteiger partial charge >= 0.3 is 0 Å². The summed E-state index contributed by atoms with van der Waals surface area (Å²) in [7, 11) is -1.85. The van der Waals surface area contributed by atoms with E-state index in [1.54, 1.807) is 19.2 Å². The zero-order valence-electron chi connectivity index (χ0n) is 14.9. The molecule has 28 heavy (non-hydrogen) atoms. The van der Waals surface area contributed by atoms with Gasteiger partial charge in [0, 0.05) is 34.2 Å². The highest BCUT2D eigenvalue weighted by molar-refractivity contribution is 7.98. The highest BCUT2D eigenvalue weighted by atomic mass is 32.2. The van der Waals surface area contributed by atoms with E-state index in [0.29, 0.717) is 22.8 Å². The lowest BCUT2D eigenvalue weighted by Gasteiger charge is -2.19. The standard InChI is InChI=1S/C18H15F2N3O3S2/c1-26-10-3-5-12-14(7-10)27-9-13-16(18(19)20)22-23(17(12)13)15-6-4-11(8-21-15)28(2,24)25/h3-8,18H,9H2,1-2H3. The van der Waals surface area contributed by atoms with Crippen molar-refractivity contribution in [3.63, 3.8) is 0 Å². The third-order valence-corrected chi connectivity index (χ3v) is 6.58. The first kappa shape index (κ1) is 18.9. The number of alkyl halides is 2. The molecule has 1 aliphatic heterocycles. The summed E-state index contributed by atoms with van der Waals surface area (Å²) in [5.74, 6) is 1.28. The Balaban J connectivity index is 1.92. The Bertz CT molecular complexity index is 1160. The molecule has 0 unspecified atom stereocenters. The summed E-state index contributed by atoms with van der Waals surface area (Å²) in [6, 6.07) is 8.26. The Morgan fingerprint density at radius 3 is 2.64 bits per heavy atom. The Morgan fingerprint density at radius 2 is 2.04 bits per heavy atom. The molecule has 4 rings (SSSR count). The maximum absolute atomic E-state index is 13.6. The fraction of sp³-hybridized carbons (Fsp3) is 0.222. The van der Waals surface area contributed by atoms with Gasteiger partial charge in [-0.2, -0.15) is 5.10 Å². The Labute approximate surface area is 164 Å². The molecule has 2 aromatic heterocycles. The molecule has 0 saturated heterocycles. The second kappa shape index (κ2) is 6.85. The van der Waals surface area contributed by atoms with Crippen molar-refractivity contribution in [3.05, 3.63) is 47.8 Å². The van der Waals surface area contributed by atoms with Crippen LogP contribution < -0.4 is 4.74 Å². The lowest BCUT2D eigenvalue weighted by molar-refractivity contribution is 0.144. The van der Waals surface area contributed by atoms with Crippen LogP contribution in [0.3, 0.4) is 0 Å². The van der Waals surface area contributed by atoms with Gasteiger partial charge in [-0.25, -0.2) is 26.9 Å². The van der Waals surface area contributed by atoms with E-state index >= 15 is 0 Å². The summed E-state index contributed by atoms with van der Waals surface area (Å²) >= 11 is 1.44. The van der Waals surface area contributed by atoms with Crippen LogP contribution in [-0.2, 0) is 15.6 Å². The minimum atomic E-state index is -3.41. The second-order valence-electron chi connectivity index (χ2n) is 6.20. The largest absolute Gasteiger partial charge is 0.497 e. The van der Waals surface area contributed by atoms with Gasteiger partial charge in [0.15, 0.2) is 15.7 Å². The number of fused-ring (bicyclic) bond motifs is 3. The Hall–Kier alpha value is -2.46. The van der Waals surface area contributed by atoms with E-state index in [2.05, 4.69) is 10.1 Å². The monoisotopic (exact) mass is 423 g/mol. The van der Waals surface area contributed by atoms with Crippen LogP contribution in [0.5, 0.6) is 5.75 Å². The normalized spacial score (nSPS) is 13.3. The van der Waals surface area contributed by atoms with Gasteiger partial charge in [0.05, 0.1) is 17.7 Å². The maximum atomic E-state index is 13.6. The van der Waals surface area contributed by atoms with Crippen molar-refractivity contribution < 1.29 is 21.9 Å². The number of methoxy groups -OCH3 is 1. The molecular formula is C18H15F2N3O3S2. The van der Waals surface area contributed by atoms with E-state index < -0.39 is 16.3 Å². The summed E-state index contributed by atoms with van der Waals surface area (Å²) in [6.07, 6.45) is -0.451. The van der Waals surface area contributed by atoms with Crippen molar-refractivity contribution >= 4 is 21.6 Å². The number of ether oxygens (including phenoxy) is 1. The number of sulfone groups is 1. The minimum Gasteiger partial charge on any atom is -0.497 e. The van der Waals surface area contributed by atoms with Gasteiger partial charge in [0.25, 0.3) is 6.43 Å². The van der Waals surface area contributed by atoms with Crippen LogP contribution in [0.2, 0.25) is 0 Å². The molecule has 3 aromatic rings. The SMILES string of the molecule is COc1ccc2c(c1)SCc1c(C(F)F)nn(-c3ccc(S(C)(=O)=O)cn3)c1-2. The lowest BCUT2D eigenvalue weighted by Crippen LogP contribution is -2.06. The zero-order chi connectivity index (χ0) is 20.1. The molecule has 0 fully saturated rings. The molecule has 0 radical (unpaired) electrons. The second-order valence-corrected chi connectivity index (χ2v) is 9.23. The van der Waals surface area contributed by atoms with Gasteiger partial charge in [-0.15, -0.1) is 11.8 Å². The number of aromatic nitrogens is 3. The van der Waals surface area contributed by atoms with E-state index in [9.17, 15) is 17.2 Å². The molecule has 0 spiro atoms. The zero-order valence-corrected chi connectivity index (χ0v) is 16.5. The molecule has 10 heteroatoms. The molecule has 1 aromatic carbocycles. The maximum Gasteiger partial charge on any atom is 0.282 e. The first-order valence-corrected chi connectivity index (χ1v) is 11.0. The number of rotatable bonds is 4. The van der Waals surface area contributed by atoms with Gasteiger partial charge in [0.2, 0.25) is 0 Å². The first-order chi connectivity index (χ1) is 13.3. The van der Waals surface area contributed by atoms with Crippen molar-refractivity contribution in [2.45, 2.75) is 22.0 Å². The predicted octanol–water partition coefficient (Wildman–Crippen LogP) is 3.89. The molecule has 0 N–H and O–H groups in total. The topological polar surface area (TPSA) is 74.1 Å². The summed E-state index contributed by atoms with van der Waals surface area (Å²) in [4.78, 5) is 5.09. The smallest absolute Gasteiger partial charge is 0.282 e. The van der Waals surface area contributed by atoms with E-state index in [4.69, 9.17) is 4.74 Å². The van der Waals surface area contributed by atoms with Crippen molar-refractivity contribution in [2.75, 3.05) is 13.4 Å². The lowest BCUT2D eigenvalue weighted by atomic mass is 10.1. The van der Waals surface area contributed by atoms with E-state index in [-0.39, 0.29) is 16.4 Å². The Kier molecular flexibility index (Phi) is 4.62. The summed E-state index contributed by atoms with van der Waals surface area (Å²) in [5.41, 5.74) is 1.44. The van der Waals surface area contributed by atoms with E-state index in [1.807, 2.05) is 6.07 Å². The van der Waals surface area contributed by atoms with Crippen LogP contribution in [0.25, 0.3) is 17.1 Å². The summed E-state index contributed by atoms with van der Waals surface area (Å²) in [5, 5.41) is 4.11. The van der Waals surface area contributed by atoms with Crippen molar-refractivity contribution in [1.82, 2.24) is 14.8 Å². The Morgan fingerprint density at radius 1 is 1.25 bits per heavy atom. The third kappa shape index (κ3) is 3.16. The van der Waals surface area contributed by atoms with Crippen LogP contribution in [0, 0.1) is 0 Å². The minimum absolute atomic E-state index is 0.0482. The number of thioether (sulfide) groups is 1. The summed E-state index contributed by atoms with van der Waals surface area (Å²) < 4.78 is 57.1. The molecule has 3 heterocycles. The van der Waals surface area contributed by atoms with Gasteiger partial charge in [-0.3, -0.25) is 0 Å². The number of halogens is 2. The van der Waals surface area contributed by atoms with Gasteiger partial charge < -0.3 is 4.74 Å². The quantitative estimate of drug-likeness (QED) is 0.634. The van der Waals surface area contributed by atoms with Crippen LogP contribution in [-0.4, -0.2) is 36.5 Å². The number of nitrogens with zero attached hydrogens (tertiary/aromatic N) is 3. The van der Waals surface area contributed by atoms with Crippen LogP contribution >= 0.6 is 11.8 Å². The van der Waals surface area contributed by atoms with Crippen LogP contribution in [0.1, 0.15) is 17.7 Å². The average molecular weight is 423 g/mol. The third-order valence-electron chi connectivity index (χ3n) is 4.40. The van der Waals surface area contributed by atoms with Gasteiger partial charge in [-0.05, 0) is 30.3 Å². The number of hydrogen-bond acceptors (Lipinski definition) is 6. The van der Waals surface area contributed by atoms with Gasteiger partial charge in [-0.1, -0.05) is 0 Å². The molecule has 1 aliphatic rings. The van der Waals surface area contributed by atoms with Crippen molar-refractivity contribution in [3.8, 4) is 22.8 Å². The van der Waals surface area contributed by atoms with Crippen molar-refractivity contribution in [2.24, 2.45) is 0 Å². The molecular weight excluding hydrogens is 408 g/mol. The fourth-order valence-corrected chi connectivity index (χ4v) is 4.70. The predicted molar refractivity (Wildman–Crippen MR) is 101 cm³/mol. The molecule has 0 aliphatic carbocycles. The molecule has 146 valence electrons. The summed E-state index contributed by atoms with van der Waals surface area (Å²) in [6.45, 7) is 0. The molecule has 0 atom stereocenters. The average Bonchev–Trinajstić information content (AvgIpc) is 3.07.